The third-order valence-corrected chi connectivity index (χ3v) is 7.71. The third kappa shape index (κ3) is 2.75. The van der Waals surface area contributed by atoms with E-state index in [1.54, 1.807) is 0 Å². The molecule has 2 aliphatic carbocycles. The van der Waals surface area contributed by atoms with Gasteiger partial charge in [0.2, 0.25) is 0 Å². The molecule has 5 rings (SSSR count). The largest absolute Gasteiger partial charge is 0.355 e. The van der Waals surface area contributed by atoms with Crippen molar-refractivity contribution in [2.75, 3.05) is 5.32 Å². The first-order valence-electron chi connectivity index (χ1n) is 11.3. The van der Waals surface area contributed by atoms with Crippen LogP contribution in [-0.2, 0) is 16.2 Å². The van der Waals surface area contributed by atoms with Crippen LogP contribution in [-0.4, -0.2) is 0 Å². The average Bonchev–Trinajstić information content (AvgIpc) is 2.93. The molecule has 0 saturated heterocycles. The molecule has 3 aromatic rings. The van der Waals surface area contributed by atoms with Crippen LogP contribution in [0.4, 0.5) is 11.4 Å². The fourth-order valence-corrected chi connectivity index (χ4v) is 5.77. The van der Waals surface area contributed by atoms with Crippen molar-refractivity contribution < 1.29 is 0 Å². The minimum Gasteiger partial charge on any atom is -0.355 e. The van der Waals surface area contributed by atoms with E-state index < -0.39 is 0 Å². The zero-order chi connectivity index (χ0) is 21.3. The van der Waals surface area contributed by atoms with Gasteiger partial charge in [0.05, 0.1) is 0 Å². The number of hydrogen-bond donors (Lipinski definition) is 1. The zero-order valence-corrected chi connectivity index (χ0v) is 19.2. The molecule has 0 heterocycles. The molecule has 0 fully saturated rings. The Morgan fingerprint density at radius 3 is 2.10 bits per heavy atom. The number of anilines is 2. The molecule has 30 heavy (non-hydrogen) atoms. The van der Waals surface area contributed by atoms with E-state index in [0.29, 0.717) is 0 Å². The smallest absolute Gasteiger partial charge is 0.0425 e. The summed E-state index contributed by atoms with van der Waals surface area (Å²) < 4.78 is 0. The van der Waals surface area contributed by atoms with Gasteiger partial charge in [-0.2, -0.15) is 0 Å². The molecule has 0 aromatic heterocycles. The first kappa shape index (κ1) is 19.4. The van der Waals surface area contributed by atoms with Crippen molar-refractivity contribution >= 4 is 11.4 Å². The molecule has 154 valence electrons. The van der Waals surface area contributed by atoms with Gasteiger partial charge >= 0.3 is 0 Å². The summed E-state index contributed by atoms with van der Waals surface area (Å²) in [5.74, 6) is 0. The molecular weight excluding hydrogens is 362 g/mol. The summed E-state index contributed by atoms with van der Waals surface area (Å²) in [7, 11) is 0. The quantitative estimate of drug-likeness (QED) is 0.462. The van der Waals surface area contributed by atoms with E-state index in [9.17, 15) is 0 Å². The number of hydrogen-bond acceptors (Lipinski definition) is 1. The number of nitrogens with one attached hydrogen (secondary N) is 1. The second-order valence-electron chi connectivity index (χ2n) is 11.1. The number of benzene rings is 3. The Morgan fingerprint density at radius 1 is 0.633 bits per heavy atom. The second-order valence-corrected chi connectivity index (χ2v) is 11.1. The molecular formula is C29H33N. The van der Waals surface area contributed by atoms with Gasteiger partial charge in [0.25, 0.3) is 0 Å². The van der Waals surface area contributed by atoms with Crippen molar-refractivity contribution in [3.05, 3.63) is 82.9 Å². The molecule has 1 N–H and O–H groups in total. The Bertz CT molecular complexity index is 1150. The summed E-state index contributed by atoms with van der Waals surface area (Å²) >= 11 is 0. The molecule has 0 bridgehead atoms. The second kappa shape index (κ2) is 6.23. The first-order valence-corrected chi connectivity index (χ1v) is 11.3. The van der Waals surface area contributed by atoms with E-state index in [1.165, 1.54) is 57.6 Å². The fourth-order valence-electron chi connectivity index (χ4n) is 5.77. The maximum atomic E-state index is 3.82. The highest BCUT2D eigenvalue weighted by Gasteiger charge is 2.39. The summed E-state index contributed by atoms with van der Waals surface area (Å²) in [6.07, 6.45) is 2.46. The Labute approximate surface area is 181 Å². The van der Waals surface area contributed by atoms with Crippen LogP contribution < -0.4 is 5.32 Å². The molecule has 1 nitrogen and oxygen atoms in total. The molecule has 0 atom stereocenters. The van der Waals surface area contributed by atoms with Crippen LogP contribution >= 0.6 is 0 Å². The van der Waals surface area contributed by atoms with E-state index in [4.69, 9.17) is 0 Å². The van der Waals surface area contributed by atoms with Crippen molar-refractivity contribution in [1.82, 2.24) is 0 Å². The highest BCUT2D eigenvalue weighted by atomic mass is 14.9. The summed E-state index contributed by atoms with van der Waals surface area (Å²) in [6, 6.07) is 22.6. The van der Waals surface area contributed by atoms with Crippen molar-refractivity contribution in [3.8, 4) is 11.1 Å². The standard InChI is InChI=1S/C29H33N/c1-27(2)16-17-28(3,4)26-23(27)12-9-13-25(26)30-19-14-15-21-20-10-7-8-11-22(20)29(5,6)24(21)18-19/h7-15,18,30H,16-17H2,1-6H3. The van der Waals surface area contributed by atoms with Crippen LogP contribution in [0, 0.1) is 0 Å². The normalized spacial score (nSPS) is 19.5. The minimum absolute atomic E-state index is 0.0288. The van der Waals surface area contributed by atoms with Crippen molar-refractivity contribution in [3.63, 3.8) is 0 Å². The van der Waals surface area contributed by atoms with Gasteiger partial charge in [0, 0.05) is 16.8 Å². The summed E-state index contributed by atoms with van der Waals surface area (Å²) in [4.78, 5) is 0. The molecule has 0 spiro atoms. The molecule has 2 aliphatic rings. The van der Waals surface area contributed by atoms with Crippen LogP contribution in [0.1, 0.15) is 76.6 Å². The van der Waals surface area contributed by atoms with E-state index in [-0.39, 0.29) is 16.2 Å². The molecule has 0 amide bonds. The van der Waals surface area contributed by atoms with E-state index >= 15 is 0 Å². The monoisotopic (exact) mass is 395 g/mol. The van der Waals surface area contributed by atoms with Gasteiger partial charge in [-0.15, -0.1) is 0 Å². The molecule has 0 aliphatic heterocycles. The maximum absolute atomic E-state index is 3.82. The van der Waals surface area contributed by atoms with Crippen molar-refractivity contribution in [2.24, 2.45) is 0 Å². The number of rotatable bonds is 2. The zero-order valence-electron chi connectivity index (χ0n) is 19.2. The fraction of sp³-hybridized carbons (Fsp3) is 0.379. The highest BCUT2D eigenvalue weighted by Crippen LogP contribution is 2.51. The lowest BCUT2D eigenvalue weighted by atomic mass is 9.62. The Kier molecular flexibility index (Phi) is 4.04. The molecule has 0 unspecified atom stereocenters. The summed E-state index contributed by atoms with van der Waals surface area (Å²) in [5, 5.41) is 3.82. The lowest BCUT2D eigenvalue weighted by molar-refractivity contribution is 0.333. The molecule has 0 radical (unpaired) electrons. The van der Waals surface area contributed by atoms with E-state index in [0.717, 1.165) is 0 Å². The van der Waals surface area contributed by atoms with Crippen LogP contribution in [0.2, 0.25) is 0 Å². The third-order valence-electron chi connectivity index (χ3n) is 7.71. The predicted octanol–water partition coefficient (Wildman–Crippen LogP) is 8.09. The average molecular weight is 396 g/mol. The van der Waals surface area contributed by atoms with E-state index in [2.05, 4.69) is 108 Å². The minimum atomic E-state index is 0.0288. The van der Waals surface area contributed by atoms with Crippen molar-refractivity contribution in [1.29, 1.82) is 0 Å². The van der Waals surface area contributed by atoms with Gasteiger partial charge in [0.15, 0.2) is 0 Å². The molecule has 1 heteroatoms. The van der Waals surface area contributed by atoms with Gasteiger partial charge in [-0.25, -0.2) is 0 Å². The van der Waals surface area contributed by atoms with Crippen LogP contribution in [0.5, 0.6) is 0 Å². The summed E-state index contributed by atoms with van der Waals surface area (Å²) in [5.41, 5.74) is 11.5. The topological polar surface area (TPSA) is 12.0 Å². The van der Waals surface area contributed by atoms with Gasteiger partial charge < -0.3 is 5.32 Å². The maximum Gasteiger partial charge on any atom is 0.0425 e. The SMILES string of the molecule is CC1(C)CCC(C)(C)c2c(Nc3ccc4c(c3)C(C)(C)c3ccccc3-4)cccc21. The van der Waals surface area contributed by atoms with Gasteiger partial charge in [0.1, 0.15) is 0 Å². The van der Waals surface area contributed by atoms with Crippen LogP contribution in [0.3, 0.4) is 0 Å². The Hall–Kier alpha value is -2.54. The van der Waals surface area contributed by atoms with Gasteiger partial charge in [-0.1, -0.05) is 84.0 Å². The molecule has 3 aromatic carbocycles. The van der Waals surface area contributed by atoms with Crippen molar-refractivity contribution in [2.45, 2.75) is 70.6 Å². The van der Waals surface area contributed by atoms with Gasteiger partial charge in [-0.3, -0.25) is 0 Å². The molecule has 0 saturated carbocycles. The van der Waals surface area contributed by atoms with E-state index in [1.807, 2.05) is 0 Å². The van der Waals surface area contributed by atoms with Crippen LogP contribution in [0.15, 0.2) is 60.7 Å². The number of fused-ring (bicyclic) bond motifs is 4. The predicted molar refractivity (Wildman–Crippen MR) is 129 cm³/mol. The highest BCUT2D eigenvalue weighted by molar-refractivity contribution is 5.83. The summed E-state index contributed by atoms with van der Waals surface area (Å²) in [6.45, 7) is 14.3. The first-order chi connectivity index (χ1) is 14.1. The van der Waals surface area contributed by atoms with Crippen LogP contribution in [0.25, 0.3) is 11.1 Å². The van der Waals surface area contributed by atoms with Gasteiger partial charge in [-0.05, 0) is 75.3 Å². The Balaban J connectivity index is 1.59. The Morgan fingerprint density at radius 2 is 1.30 bits per heavy atom. The lowest BCUT2D eigenvalue weighted by Crippen LogP contribution is -2.34. The lowest BCUT2D eigenvalue weighted by Gasteiger charge is -2.43.